The van der Waals surface area contributed by atoms with Crippen LogP contribution in [0.4, 0.5) is 0 Å². The molecule has 5 nitrogen and oxygen atoms in total. The fourth-order valence-electron chi connectivity index (χ4n) is 2.45. The molecule has 1 fully saturated rings. The Kier molecular flexibility index (Phi) is 6.39. The monoisotopic (exact) mass is 280 g/mol. The number of carbonyl (C=O) groups is 1. The molecule has 110 valence electrons. The lowest BCUT2D eigenvalue weighted by Crippen LogP contribution is -2.19. The molecule has 1 saturated carbocycles. The summed E-state index contributed by atoms with van der Waals surface area (Å²) in [7, 11) is 1.30. The number of rotatable bonds is 5. The van der Waals surface area contributed by atoms with Crippen molar-refractivity contribution in [1.29, 1.82) is 0 Å². The molecule has 0 unspecified atom stereocenters. The molecule has 2 N–H and O–H groups in total. The van der Waals surface area contributed by atoms with E-state index in [0.717, 1.165) is 0 Å². The first-order valence-corrected chi connectivity index (χ1v) is 6.49. The van der Waals surface area contributed by atoms with Gasteiger partial charge in [0.25, 0.3) is 0 Å². The third-order valence-corrected chi connectivity index (χ3v) is 3.52. The van der Waals surface area contributed by atoms with Crippen LogP contribution in [0.15, 0.2) is 29.9 Å². The summed E-state index contributed by atoms with van der Waals surface area (Å²) in [6.45, 7) is 1.74. The van der Waals surface area contributed by atoms with Crippen LogP contribution in [0, 0.1) is 11.8 Å². The van der Waals surface area contributed by atoms with Gasteiger partial charge < -0.3 is 14.9 Å². The van der Waals surface area contributed by atoms with Crippen molar-refractivity contribution in [2.75, 3.05) is 7.11 Å². The number of esters is 1. The highest BCUT2D eigenvalue weighted by Crippen LogP contribution is 2.36. The van der Waals surface area contributed by atoms with Crippen molar-refractivity contribution in [3.05, 3.63) is 29.9 Å². The number of allylic oxidation sites excluding steroid dienone is 3. The SMILES string of the molecule is COC(=O)/C=C(C)/C=C/[C@H]1[C@@H](CC=C=O)[C@H](O)C[C@@H]1O. The maximum absolute atomic E-state index is 11.1. The zero-order valence-electron chi connectivity index (χ0n) is 11.7. The maximum atomic E-state index is 11.1. The standard InChI is InChI=1S/C15H20O5/c1-10(8-15(19)20-2)5-6-12-11(4-3-7-16)13(17)9-14(12)18/h3,5-6,8,11-14,17-18H,4,9H2,1-2H3/b6-5+,10-8+/t11-,12+,13-,14+/m1/s1. The van der Waals surface area contributed by atoms with Crippen LogP contribution in [-0.4, -0.2) is 41.4 Å². The Morgan fingerprint density at radius 2 is 2.10 bits per heavy atom. The van der Waals surface area contributed by atoms with Crippen LogP contribution >= 0.6 is 0 Å². The lowest BCUT2D eigenvalue weighted by Gasteiger charge is -2.18. The van der Waals surface area contributed by atoms with Gasteiger partial charge in [-0.1, -0.05) is 12.2 Å². The van der Waals surface area contributed by atoms with Crippen LogP contribution in [0.3, 0.4) is 0 Å². The van der Waals surface area contributed by atoms with Crippen LogP contribution < -0.4 is 0 Å². The van der Waals surface area contributed by atoms with E-state index in [1.54, 1.807) is 25.0 Å². The highest BCUT2D eigenvalue weighted by molar-refractivity contribution is 5.83. The molecule has 4 atom stereocenters. The number of hydrogen-bond donors (Lipinski definition) is 2. The molecule has 5 heteroatoms. The van der Waals surface area contributed by atoms with Crippen molar-refractivity contribution >= 4 is 11.9 Å². The largest absolute Gasteiger partial charge is 0.466 e. The van der Waals surface area contributed by atoms with Gasteiger partial charge in [-0.25, -0.2) is 9.59 Å². The first-order chi connectivity index (χ1) is 9.49. The van der Waals surface area contributed by atoms with E-state index < -0.39 is 18.2 Å². The Balaban J connectivity index is 2.78. The van der Waals surface area contributed by atoms with Crippen molar-refractivity contribution in [3.63, 3.8) is 0 Å². The van der Waals surface area contributed by atoms with Crippen LogP contribution in [0.1, 0.15) is 19.8 Å². The second kappa shape index (κ2) is 7.80. The van der Waals surface area contributed by atoms with Gasteiger partial charge in [0.1, 0.15) is 5.94 Å². The molecule has 0 heterocycles. The summed E-state index contributed by atoms with van der Waals surface area (Å²) in [5, 5.41) is 19.8. The Labute approximate surface area is 118 Å². The van der Waals surface area contributed by atoms with Crippen molar-refractivity contribution in [3.8, 4) is 0 Å². The second-order valence-electron chi connectivity index (χ2n) is 4.94. The number of hydrogen-bond acceptors (Lipinski definition) is 5. The van der Waals surface area contributed by atoms with Gasteiger partial charge in [-0.2, -0.15) is 0 Å². The number of methoxy groups -OCH3 is 1. The molecule has 1 aliphatic carbocycles. The van der Waals surface area contributed by atoms with E-state index in [1.807, 2.05) is 0 Å². The summed E-state index contributed by atoms with van der Waals surface area (Å²) in [6, 6.07) is 0. The fourth-order valence-corrected chi connectivity index (χ4v) is 2.45. The van der Waals surface area contributed by atoms with Gasteiger partial charge in [-0.05, 0) is 24.8 Å². The summed E-state index contributed by atoms with van der Waals surface area (Å²) in [5.41, 5.74) is 0.690. The fraction of sp³-hybridized carbons (Fsp3) is 0.533. The van der Waals surface area contributed by atoms with Crippen LogP contribution in [0.5, 0.6) is 0 Å². The zero-order chi connectivity index (χ0) is 15.1. The van der Waals surface area contributed by atoms with Crippen molar-refractivity contribution < 1.29 is 24.5 Å². The molecule has 1 rings (SSSR count). The minimum absolute atomic E-state index is 0.214. The average Bonchev–Trinajstić information content (AvgIpc) is 2.67. The molecule has 0 aromatic rings. The highest BCUT2D eigenvalue weighted by atomic mass is 16.5. The quantitative estimate of drug-likeness (QED) is 0.337. The topological polar surface area (TPSA) is 83.8 Å². The van der Waals surface area contributed by atoms with E-state index in [4.69, 9.17) is 0 Å². The van der Waals surface area contributed by atoms with E-state index in [-0.39, 0.29) is 18.3 Å². The van der Waals surface area contributed by atoms with Gasteiger partial charge in [0.15, 0.2) is 0 Å². The minimum Gasteiger partial charge on any atom is -0.466 e. The Morgan fingerprint density at radius 1 is 1.40 bits per heavy atom. The molecule has 0 aromatic heterocycles. The summed E-state index contributed by atoms with van der Waals surface area (Å²) in [6.07, 6.45) is 5.49. The van der Waals surface area contributed by atoms with Crippen molar-refractivity contribution in [1.82, 2.24) is 0 Å². The minimum atomic E-state index is -0.655. The van der Waals surface area contributed by atoms with E-state index in [0.29, 0.717) is 12.0 Å². The molecule has 20 heavy (non-hydrogen) atoms. The van der Waals surface area contributed by atoms with Gasteiger partial charge >= 0.3 is 5.97 Å². The van der Waals surface area contributed by atoms with E-state index in [2.05, 4.69) is 4.74 Å². The summed E-state index contributed by atoms with van der Waals surface area (Å²) in [5.74, 6) is 0.772. The lowest BCUT2D eigenvalue weighted by atomic mass is 9.90. The predicted octanol–water partition coefficient (Wildman–Crippen LogP) is 0.798. The molecule has 0 spiro atoms. The molecular formula is C15H20O5. The molecule has 0 radical (unpaired) electrons. The molecule has 1 aliphatic rings. The van der Waals surface area contributed by atoms with Crippen LogP contribution in [0.25, 0.3) is 0 Å². The third-order valence-electron chi connectivity index (χ3n) is 3.52. The Morgan fingerprint density at radius 3 is 2.70 bits per heavy atom. The number of carbonyl (C=O) groups excluding carboxylic acids is 2. The molecule has 0 saturated heterocycles. The molecule has 0 amide bonds. The van der Waals surface area contributed by atoms with Crippen molar-refractivity contribution in [2.45, 2.75) is 32.0 Å². The van der Waals surface area contributed by atoms with Gasteiger partial charge in [-0.3, -0.25) is 0 Å². The lowest BCUT2D eigenvalue weighted by molar-refractivity contribution is -0.134. The average molecular weight is 280 g/mol. The Hall–Kier alpha value is -1.68. The number of aliphatic hydroxyl groups excluding tert-OH is 2. The molecule has 0 aromatic carbocycles. The molecule has 0 aliphatic heterocycles. The zero-order valence-corrected chi connectivity index (χ0v) is 11.7. The predicted molar refractivity (Wildman–Crippen MR) is 73.4 cm³/mol. The van der Waals surface area contributed by atoms with E-state index in [9.17, 15) is 19.8 Å². The van der Waals surface area contributed by atoms with Crippen LogP contribution in [0.2, 0.25) is 0 Å². The van der Waals surface area contributed by atoms with E-state index in [1.165, 1.54) is 19.3 Å². The summed E-state index contributed by atoms with van der Waals surface area (Å²) >= 11 is 0. The Bertz CT molecular complexity index is 445. The number of aliphatic hydroxyl groups is 2. The number of ether oxygens (including phenoxy) is 1. The van der Waals surface area contributed by atoms with Gasteiger partial charge in [0, 0.05) is 24.5 Å². The maximum Gasteiger partial charge on any atom is 0.330 e. The summed E-state index contributed by atoms with van der Waals surface area (Å²) < 4.78 is 4.52. The van der Waals surface area contributed by atoms with E-state index >= 15 is 0 Å². The second-order valence-corrected chi connectivity index (χ2v) is 4.94. The van der Waals surface area contributed by atoms with Gasteiger partial charge in [-0.15, -0.1) is 0 Å². The third kappa shape index (κ3) is 4.46. The normalized spacial score (nSPS) is 30.3. The van der Waals surface area contributed by atoms with Gasteiger partial charge in [0.05, 0.1) is 19.3 Å². The smallest absolute Gasteiger partial charge is 0.330 e. The van der Waals surface area contributed by atoms with Crippen molar-refractivity contribution in [2.24, 2.45) is 11.8 Å². The molecular weight excluding hydrogens is 260 g/mol. The van der Waals surface area contributed by atoms with Gasteiger partial charge in [0.2, 0.25) is 0 Å². The van der Waals surface area contributed by atoms with Crippen LogP contribution in [-0.2, 0) is 14.3 Å². The molecule has 0 bridgehead atoms. The first-order valence-electron chi connectivity index (χ1n) is 6.49. The summed E-state index contributed by atoms with van der Waals surface area (Å²) in [4.78, 5) is 21.3. The first kappa shape index (κ1) is 16.4. The highest BCUT2D eigenvalue weighted by Gasteiger charge is 2.39.